The summed E-state index contributed by atoms with van der Waals surface area (Å²) in [6.45, 7) is 9.52. The molecule has 3 N–H and O–H groups in total. The number of phenols is 3. The van der Waals surface area contributed by atoms with E-state index in [4.69, 9.17) is 9.15 Å². The molecule has 150 valence electrons. The minimum atomic E-state index is -0.431. The third kappa shape index (κ3) is 2.92. The second-order valence-corrected chi connectivity index (χ2v) is 7.75. The highest BCUT2D eigenvalue weighted by Gasteiger charge is 2.31. The van der Waals surface area contributed by atoms with E-state index in [1.165, 1.54) is 12.1 Å². The van der Waals surface area contributed by atoms with Crippen LogP contribution < -0.4 is 10.2 Å². The monoisotopic (exact) mass is 394 g/mol. The zero-order valence-electron chi connectivity index (χ0n) is 16.5. The summed E-state index contributed by atoms with van der Waals surface area (Å²) in [6.07, 6.45) is 2.15. The van der Waals surface area contributed by atoms with E-state index in [2.05, 4.69) is 6.58 Å². The fraction of sp³-hybridized carbons (Fsp3) is 0.261. The maximum absolute atomic E-state index is 13.4. The zero-order chi connectivity index (χ0) is 21.0. The summed E-state index contributed by atoms with van der Waals surface area (Å²) in [6, 6.07) is 2.64. The van der Waals surface area contributed by atoms with Crippen LogP contribution in [0.4, 0.5) is 0 Å². The number of rotatable bonds is 3. The van der Waals surface area contributed by atoms with E-state index in [-0.39, 0.29) is 63.0 Å². The summed E-state index contributed by atoms with van der Waals surface area (Å²) in [7, 11) is 0. The van der Waals surface area contributed by atoms with Gasteiger partial charge in [-0.1, -0.05) is 18.2 Å². The standard InChI is InChI=1S/C23H22O6/c1-10(2)5-6-12-14(24)8-18-20(21(12)26)22(27)19-13-7-16(11(3)4)29-23(13)15(25)9-17(19)28-18/h5,8-9,16,24-26H,3,6-7H2,1-2,4H3/t16-/m0/s1. The minimum absolute atomic E-state index is 0.000814. The van der Waals surface area contributed by atoms with Crippen molar-refractivity contribution >= 4 is 21.9 Å². The number of hydrogen-bond acceptors (Lipinski definition) is 6. The van der Waals surface area contributed by atoms with Crippen LogP contribution >= 0.6 is 0 Å². The highest BCUT2D eigenvalue weighted by atomic mass is 16.5. The predicted molar refractivity (Wildman–Crippen MR) is 111 cm³/mol. The minimum Gasteiger partial charge on any atom is -0.507 e. The molecule has 0 radical (unpaired) electrons. The molecule has 4 rings (SSSR count). The van der Waals surface area contributed by atoms with Crippen LogP contribution in [0, 0.1) is 0 Å². The van der Waals surface area contributed by atoms with Crippen molar-refractivity contribution in [1.82, 2.24) is 0 Å². The Bertz CT molecular complexity index is 1270. The van der Waals surface area contributed by atoms with Crippen LogP contribution in [0.2, 0.25) is 0 Å². The van der Waals surface area contributed by atoms with E-state index in [9.17, 15) is 20.1 Å². The molecular formula is C23H22O6. The quantitative estimate of drug-likeness (QED) is 0.448. The topological polar surface area (TPSA) is 100 Å². The van der Waals surface area contributed by atoms with E-state index in [1.54, 1.807) is 0 Å². The molecule has 0 amide bonds. The normalized spacial score (nSPS) is 15.3. The molecule has 0 fully saturated rings. The Morgan fingerprint density at radius 3 is 2.45 bits per heavy atom. The van der Waals surface area contributed by atoms with Gasteiger partial charge in [0.1, 0.15) is 34.2 Å². The molecule has 1 atom stereocenters. The maximum Gasteiger partial charge on any atom is 0.204 e. The Hall–Kier alpha value is -3.41. The third-order valence-corrected chi connectivity index (χ3v) is 5.26. The second kappa shape index (κ2) is 6.58. The lowest BCUT2D eigenvalue weighted by Crippen LogP contribution is -2.13. The Labute approximate surface area is 167 Å². The van der Waals surface area contributed by atoms with Crippen LogP contribution in [0.3, 0.4) is 0 Å². The molecule has 0 unspecified atom stereocenters. The van der Waals surface area contributed by atoms with E-state index in [0.717, 1.165) is 11.1 Å². The SMILES string of the molecule is C=C(C)[C@@H]1Cc2c(c(O)cc3oc4cc(O)c(CC=C(C)C)c(O)c4c(=O)c23)O1. The third-order valence-electron chi connectivity index (χ3n) is 5.26. The smallest absolute Gasteiger partial charge is 0.204 e. The first-order valence-electron chi connectivity index (χ1n) is 9.33. The Morgan fingerprint density at radius 2 is 1.79 bits per heavy atom. The summed E-state index contributed by atoms with van der Waals surface area (Å²) >= 11 is 0. The number of ether oxygens (including phenoxy) is 1. The molecule has 0 spiro atoms. The predicted octanol–water partition coefficient (Wildman–Crippen LogP) is 4.45. The van der Waals surface area contributed by atoms with E-state index < -0.39 is 5.43 Å². The zero-order valence-corrected chi connectivity index (χ0v) is 16.5. The summed E-state index contributed by atoms with van der Waals surface area (Å²) in [4.78, 5) is 13.4. The van der Waals surface area contributed by atoms with Gasteiger partial charge in [-0.2, -0.15) is 0 Å². The second-order valence-electron chi connectivity index (χ2n) is 7.75. The van der Waals surface area contributed by atoms with Crippen LogP contribution in [0.25, 0.3) is 21.9 Å². The number of aromatic hydroxyl groups is 3. The van der Waals surface area contributed by atoms with Gasteiger partial charge in [-0.25, -0.2) is 0 Å². The molecule has 6 heteroatoms. The number of benzene rings is 2. The van der Waals surface area contributed by atoms with E-state index >= 15 is 0 Å². The first-order valence-corrected chi connectivity index (χ1v) is 9.33. The highest BCUT2D eigenvalue weighted by Crippen LogP contribution is 2.44. The lowest BCUT2D eigenvalue weighted by molar-refractivity contribution is 0.260. The van der Waals surface area contributed by atoms with Crippen molar-refractivity contribution in [2.24, 2.45) is 0 Å². The molecule has 0 saturated carbocycles. The average molecular weight is 394 g/mol. The highest BCUT2D eigenvalue weighted by molar-refractivity contribution is 5.98. The molecule has 0 aliphatic carbocycles. The van der Waals surface area contributed by atoms with Crippen molar-refractivity contribution in [2.45, 2.75) is 39.7 Å². The molecule has 1 aliphatic heterocycles. The van der Waals surface area contributed by atoms with Crippen molar-refractivity contribution in [3.63, 3.8) is 0 Å². The summed E-state index contributed by atoms with van der Waals surface area (Å²) in [5.74, 6) is -0.357. The summed E-state index contributed by atoms with van der Waals surface area (Å²) in [5.41, 5.74) is 2.37. The molecule has 6 nitrogen and oxygen atoms in total. The van der Waals surface area contributed by atoms with Gasteiger partial charge >= 0.3 is 0 Å². The van der Waals surface area contributed by atoms with Gasteiger partial charge in [-0.3, -0.25) is 4.79 Å². The van der Waals surface area contributed by atoms with Crippen molar-refractivity contribution in [1.29, 1.82) is 0 Å². The average Bonchev–Trinajstić information content (AvgIpc) is 3.07. The van der Waals surface area contributed by atoms with E-state index in [1.807, 2.05) is 26.8 Å². The van der Waals surface area contributed by atoms with Crippen molar-refractivity contribution < 1.29 is 24.5 Å². The van der Waals surface area contributed by atoms with Gasteiger partial charge in [0.25, 0.3) is 0 Å². The van der Waals surface area contributed by atoms with Gasteiger partial charge in [0.05, 0.1) is 5.39 Å². The molecule has 0 saturated heterocycles. The lowest BCUT2D eigenvalue weighted by Gasteiger charge is -2.11. The van der Waals surface area contributed by atoms with Gasteiger partial charge in [0.15, 0.2) is 11.5 Å². The van der Waals surface area contributed by atoms with Gasteiger partial charge in [0, 0.05) is 29.7 Å². The van der Waals surface area contributed by atoms with Crippen molar-refractivity contribution in [3.05, 3.63) is 57.3 Å². The molecule has 1 aromatic heterocycles. The van der Waals surface area contributed by atoms with Gasteiger partial charge in [-0.05, 0) is 32.8 Å². The fourth-order valence-electron chi connectivity index (χ4n) is 3.70. The molecule has 1 aliphatic rings. The van der Waals surface area contributed by atoms with Crippen molar-refractivity contribution in [3.8, 4) is 23.0 Å². The largest absolute Gasteiger partial charge is 0.507 e. The first kappa shape index (κ1) is 18.9. The number of phenolic OH excluding ortho intramolecular Hbond substituents is 3. The van der Waals surface area contributed by atoms with Gasteiger partial charge in [0.2, 0.25) is 5.43 Å². The number of fused-ring (bicyclic) bond motifs is 4. The number of hydrogen-bond donors (Lipinski definition) is 3. The Kier molecular flexibility index (Phi) is 4.30. The van der Waals surface area contributed by atoms with E-state index in [0.29, 0.717) is 12.0 Å². The van der Waals surface area contributed by atoms with Crippen LogP contribution in [0.15, 0.2) is 45.1 Å². The van der Waals surface area contributed by atoms with Crippen LogP contribution in [-0.2, 0) is 12.8 Å². The molecular weight excluding hydrogens is 372 g/mol. The Morgan fingerprint density at radius 1 is 1.14 bits per heavy atom. The van der Waals surface area contributed by atoms with Gasteiger partial charge in [-0.15, -0.1) is 0 Å². The summed E-state index contributed by atoms with van der Waals surface area (Å²) in [5, 5.41) is 31.7. The van der Waals surface area contributed by atoms with Crippen LogP contribution in [-0.4, -0.2) is 21.4 Å². The fourth-order valence-corrected chi connectivity index (χ4v) is 3.70. The molecule has 2 aromatic carbocycles. The maximum atomic E-state index is 13.4. The number of allylic oxidation sites excluding steroid dienone is 2. The van der Waals surface area contributed by atoms with Crippen LogP contribution in [0.1, 0.15) is 31.9 Å². The molecule has 29 heavy (non-hydrogen) atoms. The van der Waals surface area contributed by atoms with Crippen molar-refractivity contribution in [2.75, 3.05) is 0 Å². The van der Waals surface area contributed by atoms with Gasteiger partial charge < -0.3 is 24.5 Å². The first-order chi connectivity index (χ1) is 13.7. The molecule has 0 bridgehead atoms. The molecule has 3 aromatic rings. The lowest BCUT2D eigenvalue weighted by atomic mass is 9.98. The molecule has 2 heterocycles. The Balaban J connectivity index is 2.05. The summed E-state index contributed by atoms with van der Waals surface area (Å²) < 4.78 is 11.6. The van der Waals surface area contributed by atoms with Crippen LogP contribution in [0.5, 0.6) is 23.0 Å².